The molecule has 0 atom stereocenters. The lowest BCUT2D eigenvalue weighted by Gasteiger charge is -2.07. The van der Waals surface area contributed by atoms with Crippen LogP contribution in [0.5, 0.6) is 0 Å². The fraction of sp³-hybridized carbons (Fsp3) is 0.333. The van der Waals surface area contributed by atoms with E-state index in [4.69, 9.17) is 11.6 Å². The molecule has 0 saturated carbocycles. The van der Waals surface area contributed by atoms with E-state index in [0.717, 1.165) is 10.7 Å². The zero-order valence-corrected chi connectivity index (χ0v) is 14.3. The first-order chi connectivity index (χ1) is 12.1. The summed E-state index contributed by atoms with van der Waals surface area (Å²) < 4.78 is 39.4. The van der Waals surface area contributed by atoms with Crippen LogP contribution in [0.3, 0.4) is 0 Å². The molecule has 0 saturated heterocycles. The van der Waals surface area contributed by atoms with Gasteiger partial charge in [0.2, 0.25) is 0 Å². The molecule has 2 aromatic rings. The number of halogens is 4. The molecule has 26 heavy (non-hydrogen) atoms. The molecule has 1 N–H and O–H groups in total. The number of benzene rings is 1. The zero-order chi connectivity index (χ0) is 19.5. The van der Waals surface area contributed by atoms with Crippen molar-refractivity contribution in [2.24, 2.45) is 0 Å². The van der Waals surface area contributed by atoms with E-state index in [-0.39, 0.29) is 30.0 Å². The van der Waals surface area contributed by atoms with E-state index in [9.17, 15) is 28.1 Å². The lowest BCUT2D eigenvalue weighted by molar-refractivity contribution is -0.384. The smallest absolute Gasteiger partial charge is 0.352 e. The molecule has 0 aliphatic rings. The Morgan fingerprint density at radius 3 is 2.69 bits per heavy atom. The van der Waals surface area contributed by atoms with Gasteiger partial charge in [0, 0.05) is 30.8 Å². The van der Waals surface area contributed by atoms with Crippen molar-refractivity contribution in [3.8, 4) is 0 Å². The molecule has 0 aliphatic heterocycles. The SMILES string of the molecule is Cc1c(Cl)c(C(F)(F)F)nn1CCCNC(=O)c1cccc([N+](=O)[O-])c1. The van der Waals surface area contributed by atoms with Gasteiger partial charge in [-0.25, -0.2) is 0 Å². The van der Waals surface area contributed by atoms with Gasteiger partial charge in [-0.2, -0.15) is 18.3 Å². The Morgan fingerprint density at radius 1 is 1.42 bits per heavy atom. The number of nitro benzene ring substituents is 1. The van der Waals surface area contributed by atoms with E-state index in [1.807, 2.05) is 0 Å². The Morgan fingerprint density at radius 2 is 2.12 bits per heavy atom. The van der Waals surface area contributed by atoms with Crippen LogP contribution in [0, 0.1) is 17.0 Å². The molecule has 11 heteroatoms. The Balaban J connectivity index is 1.92. The summed E-state index contributed by atoms with van der Waals surface area (Å²) in [7, 11) is 0. The minimum Gasteiger partial charge on any atom is -0.352 e. The number of carbonyl (C=O) groups excluding carboxylic acids is 1. The van der Waals surface area contributed by atoms with Gasteiger partial charge in [0.1, 0.15) is 0 Å². The van der Waals surface area contributed by atoms with Gasteiger partial charge in [-0.15, -0.1) is 0 Å². The Hall–Kier alpha value is -2.62. The number of nitro groups is 1. The second-order valence-corrected chi connectivity index (χ2v) is 5.76. The summed E-state index contributed by atoms with van der Waals surface area (Å²) in [5, 5.41) is 16.3. The van der Waals surface area contributed by atoms with Crippen LogP contribution in [0.15, 0.2) is 24.3 Å². The third kappa shape index (κ3) is 4.51. The highest BCUT2D eigenvalue weighted by Gasteiger charge is 2.38. The van der Waals surface area contributed by atoms with Crippen LogP contribution in [0.1, 0.15) is 28.2 Å². The van der Waals surface area contributed by atoms with Gasteiger partial charge < -0.3 is 5.32 Å². The highest BCUT2D eigenvalue weighted by Crippen LogP contribution is 2.35. The third-order valence-corrected chi connectivity index (χ3v) is 4.01. The first-order valence-electron chi connectivity index (χ1n) is 7.44. The van der Waals surface area contributed by atoms with Crippen LogP contribution >= 0.6 is 11.6 Å². The van der Waals surface area contributed by atoms with Crippen molar-refractivity contribution < 1.29 is 22.9 Å². The number of alkyl halides is 3. The van der Waals surface area contributed by atoms with Crippen LogP contribution in [-0.4, -0.2) is 27.2 Å². The van der Waals surface area contributed by atoms with E-state index in [0.29, 0.717) is 6.42 Å². The number of hydrogen-bond donors (Lipinski definition) is 1. The van der Waals surface area contributed by atoms with E-state index in [1.165, 1.54) is 25.1 Å². The summed E-state index contributed by atoms with van der Waals surface area (Å²) in [6.45, 7) is 1.70. The Labute approximate surface area is 150 Å². The number of hydrogen-bond acceptors (Lipinski definition) is 4. The quantitative estimate of drug-likeness (QED) is 0.463. The summed E-state index contributed by atoms with van der Waals surface area (Å²) in [5.74, 6) is -0.514. The fourth-order valence-corrected chi connectivity index (χ4v) is 2.46. The van der Waals surface area contributed by atoms with Gasteiger partial charge in [-0.05, 0) is 19.4 Å². The van der Waals surface area contributed by atoms with Crippen LogP contribution in [-0.2, 0) is 12.7 Å². The molecular weight excluding hydrogens is 377 g/mol. The summed E-state index contributed by atoms with van der Waals surface area (Å²) in [4.78, 5) is 22.0. The van der Waals surface area contributed by atoms with Gasteiger partial charge in [0.15, 0.2) is 5.69 Å². The minimum absolute atomic E-state index is 0.122. The lowest BCUT2D eigenvalue weighted by atomic mass is 10.2. The first kappa shape index (κ1) is 19.7. The number of nitrogens with one attached hydrogen (secondary N) is 1. The van der Waals surface area contributed by atoms with E-state index >= 15 is 0 Å². The Kier molecular flexibility index (Phi) is 5.86. The van der Waals surface area contributed by atoms with Crippen molar-refractivity contribution in [3.63, 3.8) is 0 Å². The maximum Gasteiger partial charge on any atom is 0.436 e. The molecule has 0 bridgehead atoms. The van der Waals surface area contributed by atoms with E-state index in [1.54, 1.807) is 0 Å². The molecule has 2 rings (SSSR count). The van der Waals surface area contributed by atoms with Gasteiger partial charge in [0.25, 0.3) is 11.6 Å². The number of aromatic nitrogens is 2. The fourth-order valence-electron chi connectivity index (χ4n) is 2.22. The molecule has 1 aromatic heterocycles. The summed E-state index contributed by atoms with van der Waals surface area (Å²) in [5.41, 5.74) is -1.04. The van der Waals surface area contributed by atoms with E-state index in [2.05, 4.69) is 10.4 Å². The van der Waals surface area contributed by atoms with Crippen molar-refractivity contribution >= 4 is 23.2 Å². The predicted octanol–water partition coefficient (Wildman–Crippen LogP) is 3.59. The molecular formula is C15H14ClF3N4O3. The lowest BCUT2D eigenvalue weighted by Crippen LogP contribution is -2.25. The van der Waals surface area contributed by atoms with E-state index < -0.39 is 27.7 Å². The van der Waals surface area contributed by atoms with Gasteiger partial charge >= 0.3 is 6.18 Å². The van der Waals surface area contributed by atoms with Crippen molar-refractivity contribution in [1.29, 1.82) is 0 Å². The van der Waals surface area contributed by atoms with Crippen molar-refractivity contribution in [2.75, 3.05) is 6.54 Å². The number of amides is 1. The standard InChI is InChI=1S/C15H14ClF3N4O3/c1-9-12(16)13(15(17,18)19)21-22(9)7-3-6-20-14(24)10-4-2-5-11(8-10)23(25)26/h2,4-5,8H,3,6-7H2,1H3,(H,20,24). The second kappa shape index (κ2) is 7.73. The molecule has 140 valence electrons. The number of rotatable bonds is 6. The highest BCUT2D eigenvalue weighted by atomic mass is 35.5. The normalized spacial score (nSPS) is 11.4. The molecule has 0 fully saturated rings. The summed E-state index contributed by atoms with van der Waals surface area (Å²) in [6, 6.07) is 5.22. The molecule has 0 unspecified atom stereocenters. The third-order valence-electron chi connectivity index (χ3n) is 3.55. The average molecular weight is 391 g/mol. The summed E-state index contributed by atoms with van der Waals surface area (Å²) >= 11 is 5.65. The predicted molar refractivity (Wildman–Crippen MR) is 87.0 cm³/mol. The topological polar surface area (TPSA) is 90.1 Å². The van der Waals surface area contributed by atoms with Crippen LogP contribution in [0.4, 0.5) is 18.9 Å². The average Bonchev–Trinajstić information content (AvgIpc) is 2.87. The maximum absolute atomic E-state index is 12.7. The number of non-ortho nitro benzene ring substituents is 1. The number of carbonyl (C=O) groups is 1. The molecule has 7 nitrogen and oxygen atoms in total. The van der Waals surface area contributed by atoms with Gasteiger partial charge in [0.05, 0.1) is 15.6 Å². The Bertz CT molecular complexity index is 836. The largest absolute Gasteiger partial charge is 0.436 e. The minimum atomic E-state index is -4.64. The molecule has 0 radical (unpaired) electrons. The zero-order valence-electron chi connectivity index (χ0n) is 13.5. The number of aryl methyl sites for hydroxylation is 1. The van der Waals surface area contributed by atoms with Crippen molar-refractivity contribution in [2.45, 2.75) is 26.1 Å². The maximum atomic E-state index is 12.7. The molecule has 1 amide bonds. The van der Waals surface area contributed by atoms with Crippen molar-refractivity contribution in [3.05, 3.63) is 56.4 Å². The van der Waals surface area contributed by atoms with Crippen LogP contribution < -0.4 is 5.32 Å². The highest BCUT2D eigenvalue weighted by molar-refractivity contribution is 6.31. The molecule has 0 spiro atoms. The molecule has 1 heterocycles. The summed E-state index contributed by atoms with van der Waals surface area (Å²) in [6.07, 6.45) is -4.33. The first-order valence-corrected chi connectivity index (χ1v) is 7.82. The second-order valence-electron chi connectivity index (χ2n) is 5.39. The molecule has 1 aromatic carbocycles. The number of nitrogens with zero attached hydrogens (tertiary/aromatic N) is 3. The van der Waals surface area contributed by atoms with Crippen LogP contribution in [0.2, 0.25) is 5.02 Å². The monoisotopic (exact) mass is 390 g/mol. The van der Waals surface area contributed by atoms with Crippen LogP contribution in [0.25, 0.3) is 0 Å². The molecule has 0 aliphatic carbocycles. The van der Waals surface area contributed by atoms with Crippen molar-refractivity contribution in [1.82, 2.24) is 15.1 Å². The van der Waals surface area contributed by atoms with Gasteiger partial charge in [-0.1, -0.05) is 17.7 Å². The van der Waals surface area contributed by atoms with Gasteiger partial charge in [-0.3, -0.25) is 19.6 Å².